The maximum atomic E-state index is 8.48. The Labute approximate surface area is 69.9 Å². The molecule has 1 aromatic heterocycles. The minimum absolute atomic E-state index is 0.220. The van der Waals surface area contributed by atoms with Crippen LogP contribution in [0.4, 0.5) is 0 Å². The van der Waals surface area contributed by atoms with Gasteiger partial charge in [-0.05, 0) is 6.07 Å². The quantitative estimate of drug-likeness (QED) is 0.676. The van der Waals surface area contributed by atoms with Crippen molar-refractivity contribution in [3.8, 4) is 0 Å². The fraction of sp³-hybridized carbons (Fsp3) is 0.429. The number of thioether (sulfide) groups is 1. The Bertz CT molecular complexity index is 193. The Hall–Kier alpha value is -0.610. The van der Waals surface area contributed by atoms with Gasteiger partial charge in [-0.1, -0.05) is 0 Å². The van der Waals surface area contributed by atoms with E-state index in [0.29, 0.717) is 0 Å². The van der Waals surface area contributed by atoms with Gasteiger partial charge in [0, 0.05) is 18.1 Å². The third-order valence-corrected chi connectivity index (χ3v) is 2.02. The number of aromatic nitrogens is 2. The van der Waals surface area contributed by atoms with E-state index >= 15 is 0 Å². The Morgan fingerprint density at radius 2 is 2.09 bits per heavy atom. The minimum atomic E-state index is 0.220. The Kier molecular flexibility index (Phi) is 3.93. The van der Waals surface area contributed by atoms with Crippen LogP contribution >= 0.6 is 11.8 Å². The van der Waals surface area contributed by atoms with Gasteiger partial charge >= 0.3 is 0 Å². The highest BCUT2D eigenvalue weighted by Gasteiger charge is 1.92. The molecule has 0 aromatic carbocycles. The van der Waals surface area contributed by atoms with Crippen LogP contribution in [0.25, 0.3) is 0 Å². The highest BCUT2D eigenvalue weighted by molar-refractivity contribution is 7.98. The lowest BCUT2D eigenvalue weighted by molar-refractivity contribution is 0.322. The molecule has 0 amide bonds. The number of aliphatic hydroxyl groups is 1. The van der Waals surface area contributed by atoms with Gasteiger partial charge in [-0.3, -0.25) is 0 Å². The molecule has 3 nitrogen and oxygen atoms in total. The second kappa shape index (κ2) is 5.09. The van der Waals surface area contributed by atoms with Gasteiger partial charge in [0.25, 0.3) is 0 Å². The van der Waals surface area contributed by atoms with Crippen molar-refractivity contribution in [2.24, 2.45) is 0 Å². The van der Waals surface area contributed by atoms with Crippen LogP contribution in [-0.4, -0.2) is 27.4 Å². The lowest BCUT2D eigenvalue weighted by Crippen LogP contribution is -1.92. The van der Waals surface area contributed by atoms with Gasteiger partial charge < -0.3 is 5.11 Å². The summed E-state index contributed by atoms with van der Waals surface area (Å²) < 4.78 is 0. The van der Waals surface area contributed by atoms with Crippen LogP contribution in [0.3, 0.4) is 0 Å². The summed E-state index contributed by atoms with van der Waals surface area (Å²) in [6, 6.07) is 1.79. The summed E-state index contributed by atoms with van der Waals surface area (Å²) in [4.78, 5) is 8.07. The van der Waals surface area contributed by atoms with Crippen LogP contribution in [0, 0.1) is 0 Å². The van der Waals surface area contributed by atoms with E-state index in [1.807, 2.05) is 0 Å². The SMILES string of the molecule is OCCSCc1ncccn1. The summed E-state index contributed by atoms with van der Waals surface area (Å²) in [5, 5.41) is 8.48. The van der Waals surface area contributed by atoms with Crippen molar-refractivity contribution in [1.29, 1.82) is 0 Å². The maximum Gasteiger partial charge on any atom is 0.138 e. The molecule has 1 N–H and O–H groups in total. The topological polar surface area (TPSA) is 46.0 Å². The molecule has 60 valence electrons. The van der Waals surface area contributed by atoms with Crippen molar-refractivity contribution in [3.05, 3.63) is 24.3 Å². The summed E-state index contributed by atoms with van der Waals surface area (Å²) in [5.41, 5.74) is 0. The predicted molar refractivity (Wildman–Crippen MR) is 45.3 cm³/mol. The zero-order valence-electron chi connectivity index (χ0n) is 6.10. The lowest BCUT2D eigenvalue weighted by Gasteiger charge is -1.96. The molecule has 1 aromatic rings. The average Bonchev–Trinajstić information content (AvgIpc) is 2.07. The van der Waals surface area contributed by atoms with Gasteiger partial charge in [0.05, 0.1) is 12.4 Å². The monoisotopic (exact) mass is 170 g/mol. The molecular formula is C7H10N2OS. The molecule has 0 unspecified atom stereocenters. The van der Waals surface area contributed by atoms with Crippen molar-refractivity contribution in [3.63, 3.8) is 0 Å². The molecule has 0 spiro atoms. The average molecular weight is 170 g/mol. The van der Waals surface area contributed by atoms with Gasteiger partial charge in [0.1, 0.15) is 5.82 Å². The van der Waals surface area contributed by atoms with Crippen molar-refractivity contribution >= 4 is 11.8 Å². The first-order valence-corrected chi connectivity index (χ1v) is 4.53. The predicted octanol–water partition coefficient (Wildman–Crippen LogP) is 0.702. The van der Waals surface area contributed by atoms with Gasteiger partial charge in [-0.15, -0.1) is 0 Å². The standard InChI is InChI=1S/C7H10N2OS/c10-4-5-11-6-7-8-2-1-3-9-7/h1-3,10H,4-6H2. The zero-order valence-corrected chi connectivity index (χ0v) is 6.92. The first kappa shape index (κ1) is 8.49. The third kappa shape index (κ3) is 3.34. The van der Waals surface area contributed by atoms with E-state index in [9.17, 15) is 0 Å². The van der Waals surface area contributed by atoms with Crippen LogP contribution < -0.4 is 0 Å². The molecule has 4 heteroatoms. The largest absolute Gasteiger partial charge is 0.396 e. The summed E-state index contributed by atoms with van der Waals surface area (Å²) in [6.45, 7) is 0.220. The molecule has 0 radical (unpaired) electrons. The molecular weight excluding hydrogens is 160 g/mol. The fourth-order valence-electron chi connectivity index (χ4n) is 0.633. The van der Waals surface area contributed by atoms with Gasteiger partial charge in [0.2, 0.25) is 0 Å². The molecule has 0 aliphatic rings. The Morgan fingerprint density at radius 1 is 1.36 bits per heavy atom. The molecule has 0 atom stereocenters. The number of hydrogen-bond donors (Lipinski definition) is 1. The van der Waals surface area contributed by atoms with Gasteiger partial charge in [-0.2, -0.15) is 11.8 Å². The summed E-state index contributed by atoms with van der Waals surface area (Å²) in [6.07, 6.45) is 3.45. The summed E-state index contributed by atoms with van der Waals surface area (Å²) >= 11 is 1.63. The van der Waals surface area contributed by atoms with Crippen LogP contribution in [0.1, 0.15) is 5.82 Å². The summed E-state index contributed by atoms with van der Waals surface area (Å²) in [5.74, 6) is 2.35. The fourth-order valence-corrected chi connectivity index (χ4v) is 1.24. The number of aliphatic hydroxyl groups excluding tert-OH is 1. The molecule has 0 saturated heterocycles. The lowest BCUT2D eigenvalue weighted by atomic mass is 10.6. The first-order chi connectivity index (χ1) is 5.43. The van der Waals surface area contributed by atoms with Crippen molar-refractivity contribution < 1.29 is 5.11 Å². The van der Waals surface area contributed by atoms with Crippen molar-refractivity contribution in [1.82, 2.24) is 9.97 Å². The van der Waals surface area contributed by atoms with E-state index in [4.69, 9.17) is 5.11 Å². The number of hydrogen-bond acceptors (Lipinski definition) is 4. The smallest absolute Gasteiger partial charge is 0.138 e. The number of nitrogens with zero attached hydrogens (tertiary/aromatic N) is 2. The van der Waals surface area contributed by atoms with E-state index in [-0.39, 0.29) is 6.61 Å². The Morgan fingerprint density at radius 3 is 2.73 bits per heavy atom. The van der Waals surface area contributed by atoms with E-state index in [0.717, 1.165) is 17.3 Å². The Balaban J connectivity index is 2.28. The molecule has 1 heterocycles. The van der Waals surface area contributed by atoms with Crippen molar-refractivity contribution in [2.75, 3.05) is 12.4 Å². The molecule has 0 saturated carbocycles. The van der Waals surface area contributed by atoms with Crippen LogP contribution in [-0.2, 0) is 5.75 Å². The molecule has 0 aliphatic carbocycles. The third-order valence-electron chi connectivity index (χ3n) is 1.09. The van der Waals surface area contributed by atoms with E-state index in [1.54, 1.807) is 30.2 Å². The molecule has 0 fully saturated rings. The van der Waals surface area contributed by atoms with E-state index in [1.165, 1.54) is 0 Å². The second-order valence-corrected chi connectivity index (χ2v) is 3.05. The van der Waals surface area contributed by atoms with Crippen LogP contribution in [0.2, 0.25) is 0 Å². The molecule has 0 aliphatic heterocycles. The zero-order chi connectivity index (χ0) is 7.94. The van der Waals surface area contributed by atoms with Gasteiger partial charge in [0.15, 0.2) is 0 Å². The van der Waals surface area contributed by atoms with Crippen LogP contribution in [0.15, 0.2) is 18.5 Å². The molecule has 11 heavy (non-hydrogen) atoms. The van der Waals surface area contributed by atoms with E-state index < -0.39 is 0 Å². The van der Waals surface area contributed by atoms with Crippen LogP contribution in [0.5, 0.6) is 0 Å². The maximum absolute atomic E-state index is 8.48. The highest BCUT2D eigenvalue weighted by atomic mass is 32.2. The van der Waals surface area contributed by atoms with E-state index in [2.05, 4.69) is 9.97 Å². The number of rotatable bonds is 4. The molecule has 1 rings (SSSR count). The van der Waals surface area contributed by atoms with Gasteiger partial charge in [-0.25, -0.2) is 9.97 Å². The molecule has 0 bridgehead atoms. The minimum Gasteiger partial charge on any atom is -0.396 e. The van der Waals surface area contributed by atoms with Crippen molar-refractivity contribution in [2.45, 2.75) is 5.75 Å². The summed E-state index contributed by atoms with van der Waals surface area (Å²) in [7, 11) is 0. The normalized spacial score (nSPS) is 9.91. The second-order valence-electron chi connectivity index (χ2n) is 1.94. The first-order valence-electron chi connectivity index (χ1n) is 3.38. The highest BCUT2D eigenvalue weighted by Crippen LogP contribution is 2.05.